The highest BCUT2D eigenvalue weighted by molar-refractivity contribution is 6.31. The Morgan fingerprint density at radius 2 is 2.00 bits per heavy atom. The first-order valence-electron chi connectivity index (χ1n) is 6.31. The first kappa shape index (κ1) is 17.5. The van der Waals surface area contributed by atoms with Gasteiger partial charge in [0.1, 0.15) is 0 Å². The number of nitro benzene ring substituents is 1. The molecular formula is C14H9ClF3N3O3. The lowest BCUT2D eigenvalue weighted by Gasteiger charge is -2.08. The lowest BCUT2D eigenvalue weighted by Crippen LogP contribution is -2.05. The average molecular weight is 360 g/mol. The van der Waals surface area contributed by atoms with Crippen LogP contribution in [0.3, 0.4) is 0 Å². The van der Waals surface area contributed by atoms with E-state index in [9.17, 15) is 28.4 Å². The van der Waals surface area contributed by atoms with Gasteiger partial charge in [0.2, 0.25) is 5.75 Å². The molecule has 0 atom stereocenters. The number of hydrazone groups is 1. The van der Waals surface area contributed by atoms with Gasteiger partial charge >= 0.3 is 11.9 Å². The van der Waals surface area contributed by atoms with Gasteiger partial charge in [-0.25, -0.2) is 0 Å². The molecule has 0 bridgehead atoms. The van der Waals surface area contributed by atoms with E-state index in [1.54, 1.807) is 0 Å². The molecule has 0 fully saturated rings. The van der Waals surface area contributed by atoms with Crippen LogP contribution in [0.15, 0.2) is 41.5 Å². The maximum absolute atomic E-state index is 12.6. The van der Waals surface area contributed by atoms with E-state index in [1.165, 1.54) is 18.2 Å². The van der Waals surface area contributed by atoms with Gasteiger partial charge in [0.05, 0.1) is 22.4 Å². The molecule has 0 aromatic heterocycles. The van der Waals surface area contributed by atoms with Gasteiger partial charge in [-0.05, 0) is 24.3 Å². The van der Waals surface area contributed by atoms with Crippen LogP contribution < -0.4 is 5.43 Å². The summed E-state index contributed by atoms with van der Waals surface area (Å²) in [6, 6.07) is 6.49. The maximum Gasteiger partial charge on any atom is 0.416 e. The lowest BCUT2D eigenvalue weighted by molar-refractivity contribution is -0.385. The number of anilines is 1. The fourth-order valence-electron chi connectivity index (χ4n) is 1.78. The molecule has 2 aromatic rings. The van der Waals surface area contributed by atoms with Gasteiger partial charge in [-0.1, -0.05) is 17.7 Å². The van der Waals surface area contributed by atoms with E-state index in [1.807, 2.05) is 0 Å². The number of aromatic hydroxyl groups is 1. The van der Waals surface area contributed by atoms with E-state index in [2.05, 4.69) is 10.5 Å². The average Bonchev–Trinajstić information content (AvgIpc) is 2.49. The quantitative estimate of drug-likeness (QED) is 0.480. The summed E-state index contributed by atoms with van der Waals surface area (Å²) in [6.45, 7) is 0. The molecule has 126 valence electrons. The number of nitro groups is 1. The Kier molecular flexibility index (Phi) is 4.93. The molecule has 0 spiro atoms. The summed E-state index contributed by atoms with van der Waals surface area (Å²) in [4.78, 5) is 9.95. The van der Waals surface area contributed by atoms with E-state index in [4.69, 9.17) is 11.6 Å². The molecule has 0 aliphatic carbocycles. The highest BCUT2D eigenvalue weighted by atomic mass is 35.5. The molecular weight excluding hydrogens is 351 g/mol. The molecule has 2 rings (SSSR count). The Balaban J connectivity index is 2.23. The molecule has 0 aliphatic rings. The van der Waals surface area contributed by atoms with Gasteiger partial charge in [0.15, 0.2) is 0 Å². The van der Waals surface area contributed by atoms with Crippen LogP contribution in [0.2, 0.25) is 5.02 Å². The lowest BCUT2D eigenvalue weighted by atomic mass is 10.2. The molecule has 2 N–H and O–H groups in total. The van der Waals surface area contributed by atoms with Crippen molar-refractivity contribution in [1.29, 1.82) is 0 Å². The fourth-order valence-corrected chi connectivity index (χ4v) is 2.01. The molecule has 10 heteroatoms. The topological polar surface area (TPSA) is 87.8 Å². The Morgan fingerprint density at radius 3 is 2.62 bits per heavy atom. The Hall–Kier alpha value is -2.81. The zero-order chi connectivity index (χ0) is 17.9. The van der Waals surface area contributed by atoms with Crippen molar-refractivity contribution in [2.45, 2.75) is 6.18 Å². The second-order valence-electron chi connectivity index (χ2n) is 4.57. The van der Waals surface area contributed by atoms with E-state index in [0.717, 1.165) is 24.4 Å². The minimum atomic E-state index is -4.49. The fraction of sp³-hybridized carbons (Fsp3) is 0.0714. The first-order chi connectivity index (χ1) is 11.2. The first-order valence-corrected chi connectivity index (χ1v) is 6.69. The number of hydrogen-bond acceptors (Lipinski definition) is 5. The van der Waals surface area contributed by atoms with Gasteiger partial charge < -0.3 is 5.11 Å². The molecule has 6 nitrogen and oxygen atoms in total. The number of alkyl halides is 3. The third kappa shape index (κ3) is 4.13. The van der Waals surface area contributed by atoms with Crippen LogP contribution in [-0.4, -0.2) is 16.2 Å². The van der Waals surface area contributed by atoms with Gasteiger partial charge in [0, 0.05) is 16.7 Å². The van der Waals surface area contributed by atoms with E-state index >= 15 is 0 Å². The third-order valence-corrected chi connectivity index (χ3v) is 3.09. The van der Waals surface area contributed by atoms with Crippen molar-refractivity contribution in [3.63, 3.8) is 0 Å². The SMILES string of the molecule is O=[N+]([O-])c1cc(Cl)cc(/C=N/Nc2cccc(C(F)(F)F)c2)c1O. The van der Waals surface area contributed by atoms with E-state index < -0.39 is 28.1 Å². The number of hydrogen-bond donors (Lipinski definition) is 2. The number of rotatable bonds is 4. The normalized spacial score (nSPS) is 11.7. The van der Waals surface area contributed by atoms with Crippen molar-refractivity contribution in [3.8, 4) is 5.75 Å². The number of phenols is 1. The van der Waals surface area contributed by atoms with Crippen LogP contribution in [0.1, 0.15) is 11.1 Å². The number of phenolic OH excluding ortho intramolecular Hbond substituents is 1. The minimum absolute atomic E-state index is 0.0000174. The molecule has 0 amide bonds. The van der Waals surface area contributed by atoms with Crippen molar-refractivity contribution in [2.24, 2.45) is 5.10 Å². The van der Waals surface area contributed by atoms with Crippen molar-refractivity contribution in [1.82, 2.24) is 0 Å². The number of nitrogens with zero attached hydrogens (tertiary/aromatic N) is 2. The van der Waals surface area contributed by atoms with Crippen LogP contribution in [-0.2, 0) is 6.18 Å². The molecule has 0 radical (unpaired) electrons. The zero-order valence-electron chi connectivity index (χ0n) is 11.7. The molecule has 0 unspecified atom stereocenters. The molecule has 0 saturated heterocycles. The van der Waals surface area contributed by atoms with Crippen LogP contribution >= 0.6 is 11.6 Å². The highest BCUT2D eigenvalue weighted by Crippen LogP contribution is 2.32. The van der Waals surface area contributed by atoms with Crippen molar-refractivity contribution in [3.05, 3.63) is 62.7 Å². The summed E-state index contributed by atoms with van der Waals surface area (Å²) in [5.41, 5.74) is 0.872. The molecule has 0 heterocycles. The number of halogens is 4. The smallest absolute Gasteiger partial charge is 0.416 e. The van der Waals surface area contributed by atoms with Crippen LogP contribution in [0.25, 0.3) is 0 Å². The maximum atomic E-state index is 12.6. The van der Waals surface area contributed by atoms with Gasteiger partial charge in [-0.15, -0.1) is 0 Å². The predicted molar refractivity (Wildman–Crippen MR) is 82.4 cm³/mol. The van der Waals surface area contributed by atoms with Crippen molar-refractivity contribution in [2.75, 3.05) is 5.43 Å². The summed E-state index contributed by atoms with van der Waals surface area (Å²) in [5.74, 6) is -0.654. The van der Waals surface area contributed by atoms with Crippen molar-refractivity contribution >= 4 is 29.2 Å². The Bertz CT molecular complexity index is 810. The monoisotopic (exact) mass is 359 g/mol. The standard InChI is InChI=1S/C14H9ClF3N3O3/c15-10-4-8(13(22)12(6-10)21(23)24)7-19-20-11-3-1-2-9(5-11)14(16,17)18/h1-7,20,22H/b19-7+. The van der Waals surface area contributed by atoms with E-state index in [-0.39, 0.29) is 16.3 Å². The largest absolute Gasteiger partial charge is 0.502 e. The number of benzene rings is 2. The van der Waals surface area contributed by atoms with Gasteiger partial charge in [0.25, 0.3) is 0 Å². The highest BCUT2D eigenvalue weighted by Gasteiger charge is 2.30. The minimum Gasteiger partial charge on any atom is -0.502 e. The summed E-state index contributed by atoms with van der Waals surface area (Å²) in [6.07, 6.45) is -3.48. The summed E-state index contributed by atoms with van der Waals surface area (Å²) in [5, 5.41) is 24.2. The summed E-state index contributed by atoms with van der Waals surface area (Å²) < 4.78 is 37.8. The van der Waals surface area contributed by atoms with Crippen molar-refractivity contribution < 1.29 is 23.2 Å². The third-order valence-electron chi connectivity index (χ3n) is 2.87. The van der Waals surface area contributed by atoms with E-state index in [0.29, 0.717) is 0 Å². The van der Waals surface area contributed by atoms with Gasteiger partial charge in [-0.3, -0.25) is 15.5 Å². The second-order valence-corrected chi connectivity index (χ2v) is 5.00. The number of nitrogens with one attached hydrogen (secondary N) is 1. The predicted octanol–water partition coefficient (Wildman–Crippen LogP) is 4.42. The summed E-state index contributed by atoms with van der Waals surface area (Å²) >= 11 is 5.71. The molecule has 24 heavy (non-hydrogen) atoms. The zero-order valence-corrected chi connectivity index (χ0v) is 12.5. The van der Waals surface area contributed by atoms with Crippen LogP contribution in [0.5, 0.6) is 5.75 Å². The van der Waals surface area contributed by atoms with Crippen LogP contribution in [0.4, 0.5) is 24.5 Å². The second kappa shape index (κ2) is 6.75. The Morgan fingerprint density at radius 1 is 1.29 bits per heavy atom. The molecule has 0 saturated carbocycles. The Labute approximate surface area is 138 Å². The molecule has 2 aromatic carbocycles. The van der Waals surface area contributed by atoms with Gasteiger partial charge in [-0.2, -0.15) is 18.3 Å². The van der Waals surface area contributed by atoms with Crippen LogP contribution in [0, 0.1) is 10.1 Å². The molecule has 0 aliphatic heterocycles. The summed E-state index contributed by atoms with van der Waals surface area (Å²) in [7, 11) is 0.